The summed E-state index contributed by atoms with van der Waals surface area (Å²) in [5, 5.41) is 0. The van der Waals surface area contributed by atoms with Crippen LogP contribution in [0.25, 0.3) is 0 Å². The first-order chi connectivity index (χ1) is 14.5. The molecular weight excluding hydrogens is 404 g/mol. The second-order valence-corrected chi connectivity index (χ2v) is 10.1. The van der Waals surface area contributed by atoms with Gasteiger partial charge < -0.3 is 14.4 Å². The van der Waals surface area contributed by atoms with Gasteiger partial charge in [-0.3, -0.25) is 4.79 Å². The van der Waals surface area contributed by atoms with E-state index in [1.807, 2.05) is 35.2 Å². The fourth-order valence-corrected chi connectivity index (χ4v) is 6.11. The van der Waals surface area contributed by atoms with Gasteiger partial charge in [0.05, 0.1) is 10.3 Å². The predicted molar refractivity (Wildman–Crippen MR) is 109 cm³/mol. The first kappa shape index (κ1) is 19.4. The standard InChI is InChI=1S/C22H24N2O5S/c25-21-22(8-11-23(21)15-17-4-2-1-3-5-17)9-12-24(13-10-22)30(26,27)18-6-7-19-20(14-18)29-16-28-19/h1-7,14H,8-13,15-16H2. The zero-order valence-electron chi connectivity index (χ0n) is 16.6. The first-order valence-corrected chi connectivity index (χ1v) is 11.7. The van der Waals surface area contributed by atoms with Crippen molar-refractivity contribution >= 4 is 15.9 Å². The second-order valence-electron chi connectivity index (χ2n) is 8.16. The minimum absolute atomic E-state index is 0.104. The van der Waals surface area contributed by atoms with E-state index < -0.39 is 15.4 Å². The molecule has 2 saturated heterocycles. The number of amides is 1. The van der Waals surface area contributed by atoms with Crippen LogP contribution in [0.1, 0.15) is 24.8 Å². The number of piperidine rings is 1. The second kappa shape index (κ2) is 7.28. The highest BCUT2D eigenvalue weighted by Gasteiger charge is 2.49. The summed E-state index contributed by atoms with van der Waals surface area (Å²) in [6.45, 7) is 2.14. The van der Waals surface area contributed by atoms with Gasteiger partial charge in [-0.25, -0.2) is 8.42 Å². The summed E-state index contributed by atoms with van der Waals surface area (Å²) >= 11 is 0. The van der Waals surface area contributed by atoms with Crippen LogP contribution in [0.5, 0.6) is 11.5 Å². The molecule has 0 atom stereocenters. The first-order valence-electron chi connectivity index (χ1n) is 10.2. The average molecular weight is 429 g/mol. The molecule has 158 valence electrons. The van der Waals surface area contributed by atoms with Crippen molar-refractivity contribution in [1.29, 1.82) is 0 Å². The molecular formula is C22H24N2O5S. The Morgan fingerprint density at radius 3 is 2.37 bits per heavy atom. The number of carbonyl (C=O) groups excluding carboxylic acids is 1. The van der Waals surface area contributed by atoms with E-state index in [9.17, 15) is 13.2 Å². The maximum Gasteiger partial charge on any atom is 0.243 e. The smallest absolute Gasteiger partial charge is 0.243 e. The molecule has 0 aliphatic carbocycles. The minimum atomic E-state index is -3.64. The van der Waals surface area contributed by atoms with Crippen molar-refractivity contribution in [3.63, 3.8) is 0 Å². The van der Waals surface area contributed by atoms with Gasteiger partial charge in [-0.2, -0.15) is 4.31 Å². The molecule has 2 aromatic carbocycles. The van der Waals surface area contributed by atoms with E-state index in [-0.39, 0.29) is 17.6 Å². The fraction of sp³-hybridized carbons (Fsp3) is 0.409. The molecule has 5 rings (SSSR count). The Hall–Kier alpha value is -2.58. The Labute approximate surface area is 176 Å². The summed E-state index contributed by atoms with van der Waals surface area (Å²) in [5.74, 6) is 1.17. The molecule has 1 spiro atoms. The maximum absolute atomic E-state index is 13.2. The van der Waals surface area contributed by atoms with Gasteiger partial charge in [0.1, 0.15) is 0 Å². The number of ether oxygens (including phenoxy) is 2. The molecule has 7 nitrogen and oxygen atoms in total. The average Bonchev–Trinajstić information content (AvgIpc) is 3.35. The number of carbonyl (C=O) groups is 1. The lowest BCUT2D eigenvalue weighted by Crippen LogP contribution is -2.46. The van der Waals surface area contributed by atoms with E-state index in [2.05, 4.69) is 0 Å². The topological polar surface area (TPSA) is 76.2 Å². The Balaban J connectivity index is 1.27. The Morgan fingerprint density at radius 2 is 1.60 bits per heavy atom. The van der Waals surface area contributed by atoms with Crippen LogP contribution < -0.4 is 9.47 Å². The van der Waals surface area contributed by atoms with Crippen LogP contribution in [0.15, 0.2) is 53.4 Å². The van der Waals surface area contributed by atoms with Crippen molar-refractivity contribution in [2.75, 3.05) is 26.4 Å². The van der Waals surface area contributed by atoms with Gasteiger partial charge in [0.25, 0.3) is 0 Å². The lowest BCUT2D eigenvalue weighted by atomic mass is 9.77. The van der Waals surface area contributed by atoms with E-state index in [0.29, 0.717) is 44.0 Å². The molecule has 1 amide bonds. The normalized spacial score (nSPS) is 20.8. The van der Waals surface area contributed by atoms with Crippen LogP contribution in [-0.4, -0.2) is 50.0 Å². The molecule has 2 fully saturated rings. The molecule has 3 heterocycles. The van der Waals surface area contributed by atoms with Gasteiger partial charge in [-0.05, 0) is 37.0 Å². The Kier molecular flexibility index (Phi) is 4.71. The van der Waals surface area contributed by atoms with Gasteiger partial charge in [-0.15, -0.1) is 0 Å². The van der Waals surface area contributed by atoms with Crippen molar-refractivity contribution in [1.82, 2.24) is 9.21 Å². The highest BCUT2D eigenvalue weighted by Crippen LogP contribution is 2.43. The third-order valence-electron chi connectivity index (χ3n) is 6.48. The van der Waals surface area contributed by atoms with E-state index >= 15 is 0 Å². The van der Waals surface area contributed by atoms with Gasteiger partial charge in [0.2, 0.25) is 22.7 Å². The van der Waals surface area contributed by atoms with Crippen LogP contribution >= 0.6 is 0 Å². The highest BCUT2D eigenvalue weighted by molar-refractivity contribution is 7.89. The Morgan fingerprint density at radius 1 is 0.900 bits per heavy atom. The number of hydrogen-bond donors (Lipinski definition) is 0. The zero-order chi connectivity index (χ0) is 20.8. The summed E-state index contributed by atoms with van der Waals surface area (Å²) in [4.78, 5) is 15.3. The highest BCUT2D eigenvalue weighted by atomic mass is 32.2. The molecule has 2 aromatic rings. The molecule has 0 radical (unpaired) electrons. The van der Waals surface area contributed by atoms with Gasteiger partial charge in [-0.1, -0.05) is 30.3 Å². The third-order valence-corrected chi connectivity index (χ3v) is 8.37. The van der Waals surface area contributed by atoms with Crippen molar-refractivity contribution in [3.05, 3.63) is 54.1 Å². The molecule has 0 aromatic heterocycles. The lowest BCUT2D eigenvalue weighted by molar-refractivity contribution is -0.138. The van der Waals surface area contributed by atoms with Gasteiger partial charge >= 0.3 is 0 Å². The maximum atomic E-state index is 13.2. The van der Waals surface area contributed by atoms with E-state index in [4.69, 9.17) is 9.47 Å². The van der Waals surface area contributed by atoms with Gasteiger partial charge in [0, 0.05) is 32.2 Å². The number of likely N-dealkylation sites (tertiary alicyclic amines) is 1. The third kappa shape index (κ3) is 3.24. The van der Waals surface area contributed by atoms with Crippen LogP contribution in [0.4, 0.5) is 0 Å². The number of benzene rings is 2. The molecule has 3 aliphatic heterocycles. The zero-order valence-corrected chi connectivity index (χ0v) is 17.4. The largest absolute Gasteiger partial charge is 0.454 e. The summed E-state index contributed by atoms with van der Waals surface area (Å²) < 4.78 is 38.3. The molecule has 0 bridgehead atoms. The van der Waals surface area contributed by atoms with Crippen LogP contribution in [0.2, 0.25) is 0 Å². The van der Waals surface area contributed by atoms with Crippen LogP contribution in [0.3, 0.4) is 0 Å². The van der Waals surface area contributed by atoms with E-state index in [1.165, 1.54) is 10.4 Å². The molecule has 8 heteroatoms. The number of hydrogen-bond acceptors (Lipinski definition) is 5. The van der Waals surface area contributed by atoms with Crippen molar-refractivity contribution in [3.8, 4) is 11.5 Å². The van der Waals surface area contributed by atoms with Crippen molar-refractivity contribution < 1.29 is 22.7 Å². The molecule has 30 heavy (non-hydrogen) atoms. The summed E-state index contributed by atoms with van der Waals surface area (Å²) in [6.07, 6.45) is 1.90. The van der Waals surface area contributed by atoms with E-state index in [0.717, 1.165) is 18.5 Å². The SMILES string of the molecule is O=C1N(Cc2ccccc2)CCC12CCN(S(=O)(=O)c1ccc3c(c1)OCO3)CC2. The summed E-state index contributed by atoms with van der Waals surface area (Å²) in [6, 6.07) is 14.7. The fourth-order valence-electron chi connectivity index (χ4n) is 4.65. The van der Waals surface area contributed by atoms with E-state index in [1.54, 1.807) is 12.1 Å². The molecule has 0 N–H and O–H groups in total. The monoisotopic (exact) mass is 428 g/mol. The predicted octanol–water partition coefficient (Wildman–Crippen LogP) is 2.62. The number of fused-ring (bicyclic) bond motifs is 1. The quantitative estimate of drug-likeness (QED) is 0.748. The van der Waals surface area contributed by atoms with Crippen LogP contribution in [-0.2, 0) is 21.4 Å². The Bertz CT molecular complexity index is 1060. The van der Waals surface area contributed by atoms with Crippen LogP contribution in [0, 0.1) is 5.41 Å². The minimum Gasteiger partial charge on any atom is -0.454 e. The summed E-state index contributed by atoms with van der Waals surface area (Å²) in [5.41, 5.74) is 0.682. The molecule has 3 aliphatic rings. The number of nitrogens with zero attached hydrogens (tertiary/aromatic N) is 2. The van der Waals surface area contributed by atoms with Crippen molar-refractivity contribution in [2.45, 2.75) is 30.7 Å². The van der Waals surface area contributed by atoms with Crippen molar-refractivity contribution in [2.24, 2.45) is 5.41 Å². The van der Waals surface area contributed by atoms with Gasteiger partial charge in [0.15, 0.2) is 11.5 Å². The lowest BCUT2D eigenvalue weighted by Gasteiger charge is -2.37. The summed E-state index contributed by atoms with van der Waals surface area (Å²) in [7, 11) is -3.64. The number of sulfonamides is 1. The number of rotatable bonds is 4. The molecule has 0 saturated carbocycles. The molecule has 0 unspecified atom stereocenters.